The maximum atomic E-state index is 11.7. The van der Waals surface area contributed by atoms with Gasteiger partial charge in [0.2, 0.25) is 5.91 Å². The fourth-order valence-corrected chi connectivity index (χ4v) is 1.74. The van der Waals surface area contributed by atoms with E-state index >= 15 is 0 Å². The first-order chi connectivity index (χ1) is 8.26. The summed E-state index contributed by atoms with van der Waals surface area (Å²) in [4.78, 5) is 11.7. The molecule has 17 heavy (non-hydrogen) atoms. The minimum atomic E-state index is 0.0503. The highest BCUT2D eigenvalue weighted by Gasteiger charge is 2.09. The highest BCUT2D eigenvalue weighted by molar-refractivity contribution is 5.90. The standard InChI is InChI=1S/C14H21NO2/c1-3-7-13(17-2)10-11-14(16)15-12-8-5-4-6-9-12/h4-6,8-9,13H,3,7,10-11H2,1-2H3,(H,15,16). The van der Waals surface area contributed by atoms with E-state index in [1.54, 1.807) is 7.11 Å². The normalized spacial score (nSPS) is 12.1. The van der Waals surface area contributed by atoms with Crippen LogP contribution >= 0.6 is 0 Å². The Morgan fingerprint density at radius 2 is 2.00 bits per heavy atom. The van der Waals surface area contributed by atoms with Crippen LogP contribution in [0.2, 0.25) is 0 Å². The van der Waals surface area contributed by atoms with Gasteiger partial charge in [-0.05, 0) is 25.0 Å². The zero-order valence-electron chi connectivity index (χ0n) is 10.6. The smallest absolute Gasteiger partial charge is 0.224 e. The molecule has 3 nitrogen and oxygen atoms in total. The van der Waals surface area contributed by atoms with Gasteiger partial charge in [0, 0.05) is 19.2 Å². The van der Waals surface area contributed by atoms with Gasteiger partial charge in [0.25, 0.3) is 0 Å². The fourth-order valence-electron chi connectivity index (χ4n) is 1.74. The molecule has 0 aliphatic carbocycles. The van der Waals surface area contributed by atoms with Crippen LogP contribution < -0.4 is 5.32 Å². The van der Waals surface area contributed by atoms with E-state index in [4.69, 9.17) is 4.74 Å². The van der Waals surface area contributed by atoms with Crippen LogP contribution in [0.1, 0.15) is 32.6 Å². The summed E-state index contributed by atoms with van der Waals surface area (Å²) < 4.78 is 5.31. The average molecular weight is 235 g/mol. The zero-order chi connectivity index (χ0) is 12.5. The van der Waals surface area contributed by atoms with Crippen molar-refractivity contribution in [3.8, 4) is 0 Å². The van der Waals surface area contributed by atoms with Gasteiger partial charge in [-0.1, -0.05) is 31.5 Å². The Labute approximate surface area is 103 Å². The highest BCUT2D eigenvalue weighted by atomic mass is 16.5. The molecule has 3 heteroatoms. The molecule has 1 N–H and O–H groups in total. The Bertz CT molecular complexity index is 324. The molecule has 1 amide bonds. The van der Waals surface area contributed by atoms with Gasteiger partial charge in [-0.3, -0.25) is 4.79 Å². The van der Waals surface area contributed by atoms with E-state index in [2.05, 4.69) is 12.2 Å². The Hall–Kier alpha value is -1.35. The number of nitrogens with one attached hydrogen (secondary N) is 1. The van der Waals surface area contributed by atoms with Crippen molar-refractivity contribution < 1.29 is 9.53 Å². The van der Waals surface area contributed by atoms with Crippen LogP contribution in [0.5, 0.6) is 0 Å². The first-order valence-electron chi connectivity index (χ1n) is 6.14. The topological polar surface area (TPSA) is 38.3 Å². The van der Waals surface area contributed by atoms with E-state index in [9.17, 15) is 4.79 Å². The van der Waals surface area contributed by atoms with Gasteiger partial charge >= 0.3 is 0 Å². The first-order valence-corrected chi connectivity index (χ1v) is 6.14. The molecule has 1 rings (SSSR count). The number of amides is 1. The number of carbonyl (C=O) groups excluding carboxylic acids is 1. The van der Waals surface area contributed by atoms with Crippen molar-refractivity contribution in [2.75, 3.05) is 12.4 Å². The van der Waals surface area contributed by atoms with Crippen LogP contribution in [-0.4, -0.2) is 19.1 Å². The van der Waals surface area contributed by atoms with Gasteiger partial charge in [-0.2, -0.15) is 0 Å². The number of carbonyl (C=O) groups is 1. The number of anilines is 1. The largest absolute Gasteiger partial charge is 0.381 e. The summed E-state index contributed by atoms with van der Waals surface area (Å²) in [5.74, 6) is 0.0503. The summed E-state index contributed by atoms with van der Waals surface area (Å²) in [6, 6.07) is 9.52. The molecule has 1 aromatic rings. The van der Waals surface area contributed by atoms with Gasteiger partial charge < -0.3 is 10.1 Å². The molecular weight excluding hydrogens is 214 g/mol. The lowest BCUT2D eigenvalue weighted by atomic mass is 10.1. The van der Waals surface area contributed by atoms with Crippen molar-refractivity contribution in [2.24, 2.45) is 0 Å². The molecule has 1 atom stereocenters. The van der Waals surface area contributed by atoms with E-state index in [-0.39, 0.29) is 12.0 Å². The second-order valence-corrected chi connectivity index (χ2v) is 4.10. The molecule has 94 valence electrons. The number of rotatable bonds is 7. The molecule has 0 radical (unpaired) electrons. The first kappa shape index (κ1) is 13.7. The average Bonchev–Trinajstić information content (AvgIpc) is 2.35. The molecule has 0 aromatic heterocycles. The van der Waals surface area contributed by atoms with Crippen LogP contribution in [-0.2, 0) is 9.53 Å². The molecule has 0 spiro atoms. The molecule has 1 unspecified atom stereocenters. The molecule has 0 aliphatic heterocycles. The zero-order valence-corrected chi connectivity index (χ0v) is 10.6. The Balaban J connectivity index is 2.30. The molecule has 0 saturated carbocycles. The number of hydrogen-bond donors (Lipinski definition) is 1. The molecular formula is C14H21NO2. The summed E-state index contributed by atoms with van der Waals surface area (Å²) >= 11 is 0. The van der Waals surface area contributed by atoms with E-state index in [0.717, 1.165) is 24.9 Å². The predicted octanol–water partition coefficient (Wildman–Crippen LogP) is 3.22. The fraction of sp³-hybridized carbons (Fsp3) is 0.500. The molecule has 0 aliphatic rings. The summed E-state index contributed by atoms with van der Waals surface area (Å²) in [5.41, 5.74) is 0.849. The van der Waals surface area contributed by atoms with Crippen molar-refractivity contribution in [3.63, 3.8) is 0 Å². The van der Waals surface area contributed by atoms with E-state index in [1.165, 1.54) is 0 Å². The van der Waals surface area contributed by atoms with Crippen LogP contribution in [0, 0.1) is 0 Å². The number of hydrogen-bond acceptors (Lipinski definition) is 2. The maximum absolute atomic E-state index is 11.7. The van der Waals surface area contributed by atoms with Gasteiger partial charge in [0.05, 0.1) is 6.10 Å². The monoisotopic (exact) mass is 235 g/mol. The van der Waals surface area contributed by atoms with Crippen molar-refractivity contribution in [1.29, 1.82) is 0 Å². The third-order valence-electron chi connectivity index (χ3n) is 2.69. The van der Waals surface area contributed by atoms with Gasteiger partial charge in [0.1, 0.15) is 0 Å². The van der Waals surface area contributed by atoms with Crippen LogP contribution in [0.15, 0.2) is 30.3 Å². The number of ether oxygens (including phenoxy) is 1. The maximum Gasteiger partial charge on any atom is 0.224 e. The summed E-state index contributed by atoms with van der Waals surface area (Å²) in [7, 11) is 1.70. The number of benzene rings is 1. The summed E-state index contributed by atoms with van der Waals surface area (Å²) in [6.45, 7) is 2.12. The van der Waals surface area contributed by atoms with Crippen LogP contribution in [0.3, 0.4) is 0 Å². The van der Waals surface area contributed by atoms with E-state index < -0.39 is 0 Å². The Morgan fingerprint density at radius 1 is 1.29 bits per heavy atom. The molecule has 0 saturated heterocycles. The predicted molar refractivity (Wildman–Crippen MR) is 70.0 cm³/mol. The lowest BCUT2D eigenvalue weighted by Crippen LogP contribution is -2.17. The third-order valence-corrected chi connectivity index (χ3v) is 2.69. The number of para-hydroxylation sites is 1. The van der Waals surface area contributed by atoms with Crippen molar-refractivity contribution in [1.82, 2.24) is 0 Å². The van der Waals surface area contributed by atoms with Crippen LogP contribution in [0.25, 0.3) is 0 Å². The molecule has 0 heterocycles. The van der Waals surface area contributed by atoms with Crippen molar-refractivity contribution in [3.05, 3.63) is 30.3 Å². The van der Waals surface area contributed by atoms with Crippen LogP contribution in [0.4, 0.5) is 5.69 Å². The van der Waals surface area contributed by atoms with Gasteiger partial charge in [0.15, 0.2) is 0 Å². The van der Waals surface area contributed by atoms with Gasteiger partial charge in [-0.15, -0.1) is 0 Å². The minimum Gasteiger partial charge on any atom is -0.381 e. The summed E-state index contributed by atoms with van der Waals surface area (Å²) in [6.07, 6.45) is 3.58. The van der Waals surface area contributed by atoms with Crippen molar-refractivity contribution >= 4 is 11.6 Å². The minimum absolute atomic E-state index is 0.0503. The molecule has 1 aromatic carbocycles. The Kier molecular flexibility index (Phi) is 6.33. The van der Waals surface area contributed by atoms with Gasteiger partial charge in [-0.25, -0.2) is 0 Å². The second-order valence-electron chi connectivity index (χ2n) is 4.10. The lowest BCUT2D eigenvalue weighted by Gasteiger charge is -2.13. The van der Waals surface area contributed by atoms with E-state index in [1.807, 2.05) is 30.3 Å². The summed E-state index contributed by atoms with van der Waals surface area (Å²) in [5, 5.41) is 2.87. The van der Waals surface area contributed by atoms with Crippen molar-refractivity contribution in [2.45, 2.75) is 38.7 Å². The lowest BCUT2D eigenvalue weighted by molar-refractivity contribution is -0.116. The van der Waals surface area contributed by atoms with E-state index in [0.29, 0.717) is 6.42 Å². The SMILES string of the molecule is CCCC(CCC(=O)Nc1ccccc1)OC. The Morgan fingerprint density at radius 3 is 2.59 bits per heavy atom. The number of methoxy groups -OCH3 is 1. The molecule has 0 bridgehead atoms. The second kappa shape index (κ2) is 7.85. The molecule has 0 fully saturated rings. The quantitative estimate of drug-likeness (QED) is 0.788. The highest BCUT2D eigenvalue weighted by Crippen LogP contribution is 2.10. The third kappa shape index (κ3) is 5.50.